The smallest absolute Gasteiger partial charge is 0.241 e. The molecule has 0 bridgehead atoms. The summed E-state index contributed by atoms with van der Waals surface area (Å²) in [5.74, 6) is 1.70. The number of rotatable bonds is 7. The largest absolute Gasteiger partial charge is 0.506 e. The van der Waals surface area contributed by atoms with Gasteiger partial charge in [-0.1, -0.05) is 29.4 Å². The molecule has 2 N–H and O–H groups in total. The predicted octanol–water partition coefficient (Wildman–Crippen LogP) is 3.69. The van der Waals surface area contributed by atoms with Crippen molar-refractivity contribution in [2.75, 3.05) is 25.0 Å². The van der Waals surface area contributed by atoms with Gasteiger partial charge < -0.3 is 19.7 Å². The Bertz CT molecular complexity index is 1030. The van der Waals surface area contributed by atoms with Gasteiger partial charge in [-0.2, -0.15) is 4.98 Å². The number of piperidine rings is 1. The molecule has 31 heavy (non-hydrogen) atoms. The van der Waals surface area contributed by atoms with E-state index in [9.17, 15) is 9.90 Å². The molecule has 0 atom stereocenters. The molecule has 4 rings (SSSR count). The summed E-state index contributed by atoms with van der Waals surface area (Å²) in [7, 11) is 0. The highest BCUT2D eigenvalue weighted by Crippen LogP contribution is 2.28. The van der Waals surface area contributed by atoms with Crippen LogP contribution in [0.2, 0.25) is 0 Å². The molecule has 2 aromatic carbocycles. The number of carbonyl (C=O) groups is 1. The summed E-state index contributed by atoms with van der Waals surface area (Å²) in [5, 5.41) is 16.8. The second kappa shape index (κ2) is 9.61. The molecule has 1 aliphatic rings. The number of aromatic nitrogens is 2. The van der Waals surface area contributed by atoms with E-state index in [-0.39, 0.29) is 17.6 Å². The first-order valence-corrected chi connectivity index (χ1v) is 10.5. The molecular formula is C23H26N4O4. The van der Waals surface area contributed by atoms with Gasteiger partial charge in [-0.15, -0.1) is 0 Å². The number of phenols is 1. The molecule has 0 radical (unpaired) electrons. The van der Waals surface area contributed by atoms with Crippen LogP contribution < -0.4 is 10.1 Å². The fourth-order valence-corrected chi connectivity index (χ4v) is 3.72. The van der Waals surface area contributed by atoms with Crippen molar-refractivity contribution in [3.05, 3.63) is 54.4 Å². The van der Waals surface area contributed by atoms with Crippen LogP contribution >= 0.6 is 0 Å². The first kappa shape index (κ1) is 20.9. The molecule has 0 spiro atoms. The molecule has 1 amide bonds. The number of hydrogen-bond donors (Lipinski definition) is 2. The molecular weight excluding hydrogens is 396 g/mol. The third-order valence-corrected chi connectivity index (χ3v) is 5.38. The van der Waals surface area contributed by atoms with Crippen molar-refractivity contribution in [3.8, 4) is 22.9 Å². The van der Waals surface area contributed by atoms with Crippen molar-refractivity contribution in [1.82, 2.24) is 15.0 Å². The predicted molar refractivity (Wildman–Crippen MR) is 116 cm³/mol. The summed E-state index contributed by atoms with van der Waals surface area (Å²) in [6.07, 6.45) is 1.46. The van der Waals surface area contributed by atoms with E-state index >= 15 is 0 Å². The highest BCUT2D eigenvalue weighted by Gasteiger charge is 2.26. The third kappa shape index (κ3) is 5.03. The highest BCUT2D eigenvalue weighted by molar-refractivity contribution is 5.93. The molecule has 3 aromatic rings. The molecule has 162 valence electrons. The monoisotopic (exact) mass is 422 g/mol. The Morgan fingerprint density at radius 3 is 2.71 bits per heavy atom. The zero-order valence-electron chi connectivity index (χ0n) is 17.5. The number of nitrogens with one attached hydrogen (secondary N) is 1. The van der Waals surface area contributed by atoms with Crippen LogP contribution in [-0.2, 0) is 11.3 Å². The minimum absolute atomic E-state index is 0.0613. The second-order valence-electron chi connectivity index (χ2n) is 7.50. The van der Waals surface area contributed by atoms with Crippen molar-refractivity contribution < 1.29 is 19.2 Å². The molecule has 1 aromatic heterocycles. The Hall–Kier alpha value is -3.39. The van der Waals surface area contributed by atoms with Crippen molar-refractivity contribution in [2.45, 2.75) is 26.3 Å². The standard InChI is InChI=1S/C23H26N4O4/c1-2-30-20-10-6-3-7-17(20)22-25-21(31-26-22)15-27-13-11-16(12-14-27)23(29)24-18-8-4-5-9-19(18)28/h3-10,16,28H,2,11-15H2,1H3,(H,24,29). The fraction of sp³-hybridized carbons (Fsp3) is 0.348. The van der Waals surface area contributed by atoms with Gasteiger partial charge in [0.15, 0.2) is 0 Å². The summed E-state index contributed by atoms with van der Waals surface area (Å²) in [6, 6.07) is 14.4. The van der Waals surface area contributed by atoms with E-state index in [1.54, 1.807) is 24.3 Å². The average Bonchev–Trinajstić information content (AvgIpc) is 3.25. The van der Waals surface area contributed by atoms with Gasteiger partial charge in [0.25, 0.3) is 0 Å². The maximum absolute atomic E-state index is 12.5. The van der Waals surface area contributed by atoms with Gasteiger partial charge >= 0.3 is 0 Å². The number of phenolic OH excluding ortho intramolecular Hbond substituents is 1. The Kier molecular flexibility index (Phi) is 6.47. The number of ether oxygens (including phenoxy) is 1. The highest BCUT2D eigenvalue weighted by atomic mass is 16.5. The normalized spacial score (nSPS) is 15.0. The van der Waals surface area contributed by atoms with Gasteiger partial charge in [0.05, 0.1) is 24.4 Å². The van der Waals surface area contributed by atoms with Gasteiger partial charge in [-0.3, -0.25) is 9.69 Å². The van der Waals surface area contributed by atoms with Gasteiger partial charge in [0.1, 0.15) is 11.5 Å². The minimum atomic E-state index is -0.0906. The molecule has 1 fully saturated rings. The van der Waals surface area contributed by atoms with E-state index in [1.807, 2.05) is 31.2 Å². The van der Waals surface area contributed by atoms with Crippen LogP contribution in [0.5, 0.6) is 11.5 Å². The quantitative estimate of drug-likeness (QED) is 0.560. The van der Waals surface area contributed by atoms with Gasteiger partial charge in [-0.05, 0) is 57.1 Å². The summed E-state index contributed by atoms with van der Waals surface area (Å²) in [4.78, 5) is 19.3. The first-order valence-electron chi connectivity index (χ1n) is 10.5. The lowest BCUT2D eigenvalue weighted by Gasteiger charge is -2.30. The second-order valence-corrected chi connectivity index (χ2v) is 7.50. The lowest BCUT2D eigenvalue weighted by molar-refractivity contribution is -0.121. The number of aromatic hydroxyl groups is 1. The van der Waals surface area contributed by atoms with Gasteiger partial charge in [0, 0.05) is 5.92 Å². The number of amides is 1. The van der Waals surface area contributed by atoms with E-state index in [0.717, 1.165) is 37.2 Å². The molecule has 1 aliphatic heterocycles. The van der Waals surface area contributed by atoms with Crippen molar-refractivity contribution >= 4 is 11.6 Å². The number of para-hydroxylation sites is 3. The van der Waals surface area contributed by atoms with E-state index in [2.05, 4.69) is 20.4 Å². The Labute approximate surface area is 180 Å². The summed E-state index contributed by atoms with van der Waals surface area (Å²) >= 11 is 0. The number of benzene rings is 2. The Morgan fingerprint density at radius 2 is 1.94 bits per heavy atom. The molecule has 8 heteroatoms. The summed E-state index contributed by atoms with van der Waals surface area (Å²) in [5.41, 5.74) is 1.25. The van der Waals surface area contributed by atoms with Gasteiger partial charge in [0.2, 0.25) is 17.6 Å². The maximum Gasteiger partial charge on any atom is 0.241 e. The van der Waals surface area contributed by atoms with Gasteiger partial charge in [-0.25, -0.2) is 0 Å². The van der Waals surface area contributed by atoms with E-state index in [0.29, 0.717) is 30.6 Å². The molecule has 0 saturated carbocycles. The fourth-order valence-electron chi connectivity index (χ4n) is 3.72. The molecule has 2 heterocycles. The van der Waals surface area contributed by atoms with Crippen LogP contribution in [-0.4, -0.2) is 45.8 Å². The van der Waals surface area contributed by atoms with E-state index in [1.165, 1.54) is 0 Å². The van der Waals surface area contributed by atoms with Crippen LogP contribution in [0.15, 0.2) is 53.1 Å². The number of likely N-dealkylation sites (tertiary alicyclic amines) is 1. The molecule has 1 saturated heterocycles. The Balaban J connectivity index is 1.32. The summed E-state index contributed by atoms with van der Waals surface area (Å²) < 4.78 is 11.1. The number of carbonyl (C=O) groups excluding carboxylic acids is 1. The van der Waals surface area contributed by atoms with Crippen molar-refractivity contribution in [1.29, 1.82) is 0 Å². The topological polar surface area (TPSA) is 101 Å². The van der Waals surface area contributed by atoms with Crippen LogP contribution in [0.4, 0.5) is 5.69 Å². The molecule has 8 nitrogen and oxygen atoms in total. The van der Waals surface area contributed by atoms with E-state index in [4.69, 9.17) is 9.26 Å². The van der Waals surface area contributed by atoms with Crippen LogP contribution in [0.1, 0.15) is 25.7 Å². The van der Waals surface area contributed by atoms with Crippen molar-refractivity contribution in [2.24, 2.45) is 5.92 Å². The van der Waals surface area contributed by atoms with E-state index < -0.39 is 0 Å². The Morgan fingerprint density at radius 1 is 1.19 bits per heavy atom. The third-order valence-electron chi connectivity index (χ3n) is 5.38. The zero-order valence-corrected chi connectivity index (χ0v) is 17.5. The van der Waals surface area contributed by atoms with Crippen LogP contribution in [0, 0.1) is 5.92 Å². The molecule has 0 aliphatic carbocycles. The number of hydrogen-bond acceptors (Lipinski definition) is 7. The summed E-state index contributed by atoms with van der Waals surface area (Å²) in [6.45, 7) is 4.55. The number of nitrogens with zero attached hydrogens (tertiary/aromatic N) is 3. The maximum atomic E-state index is 12.5. The van der Waals surface area contributed by atoms with Crippen molar-refractivity contribution in [3.63, 3.8) is 0 Å². The zero-order chi connectivity index (χ0) is 21.6. The molecule has 0 unspecified atom stereocenters. The minimum Gasteiger partial charge on any atom is -0.506 e. The van der Waals surface area contributed by atoms with Crippen LogP contribution in [0.25, 0.3) is 11.4 Å². The lowest BCUT2D eigenvalue weighted by atomic mass is 9.96. The lowest BCUT2D eigenvalue weighted by Crippen LogP contribution is -2.37. The SMILES string of the molecule is CCOc1ccccc1-c1noc(CN2CCC(C(=O)Nc3ccccc3O)CC2)n1. The number of anilines is 1. The first-order chi connectivity index (χ1) is 15.1. The van der Waals surface area contributed by atoms with Crippen LogP contribution in [0.3, 0.4) is 0 Å². The average molecular weight is 422 g/mol.